The first-order chi connectivity index (χ1) is 11.9. The lowest BCUT2D eigenvalue weighted by atomic mass is 9.98. The van der Waals surface area contributed by atoms with Crippen LogP contribution in [-0.2, 0) is 24.2 Å². The summed E-state index contributed by atoms with van der Waals surface area (Å²) < 4.78 is 26.8. The van der Waals surface area contributed by atoms with Gasteiger partial charge in [0.15, 0.2) is 0 Å². The molecule has 0 bridgehead atoms. The SMILES string of the molecule is Cc1nc2c(c(=O)[nH]1)CCC(C(=O)NCc1cc(F)ccc1F)CC2. The molecule has 0 saturated heterocycles. The van der Waals surface area contributed by atoms with Gasteiger partial charge in [0.1, 0.15) is 17.5 Å². The highest BCUT2D eigenvalue weighted by Crippen LogP contribution is 2.22. The minimum absolute atomic E-state index is 0.0657. The third-order valence-corrected chi connectivity index (χ3v) is 4.52. The molecule has 25 heavy (non-hydrogen) atoms. The molecule has 0 fully saturated rings. The zero-order chi connectivity index (χ0) is 18.0. The molecule has 0 saturated carbocycles. The number of nitrogens with zero attached hydrogens (tertiary/aromatic N) is 1. The van der Waals surface area contributed by atoms with Gasteiger partial charge in [0, 0.05) is 23.6 Å². The molecule has 7 heteroatoms. The molecule has 132 valence electrons. The number of aryl methyl sites for hydroxylation is 2. The Morgan fingerprint density at radius 2 is 2.08 bits per heavy atom. The minimum Gasteiger partial charge on any atom is -0.352 e. The molecule has 3 rings (SSSR count). The first-order valence-corrected chi connectivity index (χ1v) is 8.24. The van der Waals surface area contributed by atoms with Crippen LogP contribution in [0, 0.1) is 24.5 Å². The predicted octanol–water partition coefficient (Wildman–Crippen LogP) is 2.17. The Hall–Kier alpha value is -2.57. The number of nitrogens with one attached hydrogen (secondary N) is 2. The van der Waals surface area contributed by atoms with Gasteiger partial charge in [0.2, 0.25) is 5.91 Å². The maximum absolute atomic E-state index is 13.6. The molecule has 1 aliphatic rings. The molecule has 0 radical (unpaired) electrons. The zero-order valence-corrected chi connectivity index (χ0v) is 13.9. The molecular formula is C18H19F2N3O2. The van der Waals surface area contributed by atoms with Crippen LogP contribution in [0.25, 0.3) is 0 Å². The van der Waals surface area contributed by atoms with Gasteiger partial charge in [-0.15, -0.1) is 0 Å². The Morgan fingerprint density at radius 1 is 1.32 bits per heavy atom. The average molecular weight is 347 g/mol. The van der Waals surface area contributed by atoms with Crippen molar-refractivity contribution in [1.82, 2.24) is 15.3 Å². The summed E-state index contributed by atoms with van der Waals surface area (Å²) in [4.78, 5) is 31.5. The number of fused-ring (bicyclic) bond motifs is 1. The van der Waals surface area contributed by atoms with E-state index in [2.05, 4.69) is 15.3 Å². The molecule has 0 spiro atoms. The number of amides is 1. The van der Waals surface area contributed by atoms with Gasteiger partial charge in [-0.2, -0.15) is 0 Å². The molecular weight excluding hydrogens is 328 g/mol. The summed E-state index contributed by atoms with van der Waals surface area (Å²) in [6, 6.07) is 3.15. The lowest BCUT2D eigenvalue weighted by Gasteiger charge is -2.14. The lowest BCUT2D eigenvalue weighted by molar-refractivity contribution is -0.125. The van der Waals surface area contributed by atoms with E-state index >= 15 is 0 Å². The van der Waals surface area contributed by atoms with E-state index in [1.165, 1.54) is 0 Å². The number of aromatic amines is 1. The van der Waals surface area contributed by atoms with Crippen molar-refractivity contribution in [1.29, 1.82) is 0 Å². The van der Waals surface area contributed by atoms with E-state index in [9.17, 15) is 18.4 Å². The van der Waals surface area contributed by atoms with Crippen LogP contribution in [0.4, 0.5) is 8.78 Å². The molecule has 1 amide bonds. The molecule has 2 aromatic rings. The average Bonchev–Trinajstić information content (AvgIpc) is 2.78. The fourth-order valence-electron chi connectivity index (χ4n) is 3.17. The van der Waals surface area contributed by atoms with Crippen LogP contribution in [0.2, 0.25) is 0 Å². The Balaban J connectivity index is 1.65. The fraction of sp³-hybridized carbons (Fsp3) is 0.389. The highest BCUT2D eigenvalue weighted by Gasteiger charge is 2.24. The number of carbonyl (C=O) groups is 1. The minimum atomic E-state index is -0.554. The second kappa shape index (κ2) is 7.13. The maximum Gasteiger partial charge on any atom is 0.254 e. The van der Waals surface area contributed by atoms with Crippen LogP contribution in [0.15, 0.2) is 23.0 Å². The van der Waals surface area contributed by atoms with Crippen molar-refractivity contribution in [2.24, 2.45) is 5.92 Å². The van der Waals surface area contributed by atoms with E-state index in [1.54, 1.807) is 6.92 Å². The van der Waals surface area contributed by atoms with Crippen LogP contribution in [0.3, 0.4) is 0 Å². The van der Waals surface area contributed by atoms with E-state index in [0.29, 0.717) is 37.1 Å². The summed E-state index contributed by atoms with van der Waals surface area (Å²) in [5.41, 5.74) is 1.34. The number of benzene rings is 1. The van der Waals surface area contributed by atoms with Crippen LogP contribution in [0.5, 0.6) is 0 Å². The second-order valence-electron chi connectivity index (χ2n) is 6.30. The third-order valence-electron chi connectivity index (χ3n) is 4.52. The number of H-pyrrole nitrogens is 1. The first kappa shape index (κ1) is 17.3. The van der Waals surface area contributed by atoms with Crippen molar-refractivity contribution in [3.8, 4) is 0 Å². The molecule has 1 heterocycles. The predicted molar refractivity (Wildman–Crippen MR) is 87.9 cm³/mol. The fourth-order valence-corrected chi connectivity index (χ4v) is 3.17. The normalized spacial score (nSPS) is 16.8. The van der Waals surface area contributed by atoms with Gasteiger partial charge >= 0.3 is 0 Å². The van der Waals surface area contributed by atoms with Gasteiger partial charge in [0.25, 0.3) is 5.56 Å². The number of aromatic nitrogens is 2. The highest BCUT2D eigenvalue weighted by atomic mass is 19.1. The van der Waals surface area contributed by atoms with E-state index in [-0.39, 0.29) is 29.5 Å². The zero-order valence-electron chi connectivity index (χ0n) is 13.9. The first-order valence-electron chi connectivity index (χ1n) is 8.24. The molecule has 1 aromatic heterocycles. The number of halogens is 2. The van der Waals surface area contributed by atoms with Gasteiger partial charge in [-0.1, -0.05) is 0 Å². The quantitative estimate of drug-likeness (QED) is 0.836. The lowest BCUT2D eigenvalue weighted by Crippen LogP contribution is -2.31. The summed E-state index contributed by atoms with van der Waals surface area (Å²) in [5.74, 6) is -1.04. The molecule has 5 nitrogen and oxygen atoms in total. The monoisotopic (exact) mass is 347 g/mol. The third kappa shape index (κ3) is 3.92. The van der Waals surface area contributed by atoms with Crippen LogP contribution >= 0.6 is 0 Å². The summed E-state index contributed by atoms with van der Waals surface area (Å²) in [7, 11) is 0. The van der Waals surface area contributed by atoms with Gasteiger partial charge < -0.3 is 10.3 Å². The number of carbonyl (C=O) groups excluding carboxylic acids is 1. The summed E-state index contributed by atoms with van der Waals surface area (Å²) in [5, 5.41) is 2.67. The molecule has 1 aromatic carbocycles. The Bertz CT molecular complexity index is 864. The van der Waals surface area contributed by atoms with Gasteiger partial charge in [-0.05, 0) is 50.8 Å². The largest absolute Gasteiger partial charge is 0.352 e. The van der Waals surface area contributed by atoms with Crippen LogP contribution < -0.4 is 10.9 Å². The topological polar surface area (TPSA) is 74.8 Å². The van der Waals surface area contributed by atoms with Gasteiger partial charge in [-0.3, -0.25) is 9.59 Å². The van der Waals surface area contributed by atoms with Gasteiger partial charge in [0.05, 0.1) is 5.69 Å². The maximum atomic E-state index is 13.6. The smallest absolute Gasteiger partial charge is 0.254 e. The summed E-state index contributed by atoms with van der Waals surface area (Å²) in [6.07, 6.45) is 2.12. The van der Waals surface area contributed by atoms with E-state index in [1.807, 2.05) is 0 Å². The number of hydrogen-bond donors (Lipinski definition) is 2. The number of hydrogen-bond acceptors (Lipinski definition) is 3. The standard InChI is InChI=1S/C18H19F2N3O2/c1-10-22-16-7-3-11(2-5-14(16)18(25)23-10)17(24)21-9-12-8-13(19)4-6-15(12)20/h4,6,8,11H,2-3,5,7,9H2,1H3,(H,21,24)(H,22,23,25). The second-order valence-corrected chi connectivity index (χ2v) is 6.30. The molecule has 1 aliphatic carbocycles. The van der Waals surface area contributed by atoms with Crippen LogP contribution in [0.1, 0.15) is 35.5 Å². The Morgan fingerprint density at radius 3 is 2.88 bits per heavy atom. The summed E-state index contributed by atoms with van der Waals surface area (Å²) >= 11 is 0. The molecule has 1 atom stereocenters. The molecule has 2 N–H and O–H groups in total. The Labute approximate surface area is 143 Å². The number of rotatable bonds is 3. The molecule has 1 unspecified atom stereocenters. The summed E-state index contributed by atoms with van der Waals surface area (Å²) in [6.45, 7) is 1.66. The van der Waals surface area contributed by atoms with Crippen molar-refractivity contribution in [3.63, 3.8) is 0 Å². The van der Waals surface area contributed by atoms with Gasteiger partial charge in [-0.25, -0.2) is 13.8 Å². The van der Waals surface area contributed by atoms with E-state index in [0.717, 1.165) is 23.9 Å². The van der Waals surface area contributed by atoms with Crippen LogP contribution in [-0.4, -0.2) is 15.9 Å². The molecule has 0 aliphatic heterocycles. The van der Waals surface area contributed by atoms with Crippen molar-refractivity contribution in [2.75, 3.05) is 0 Å². The van der Waals surface area contributed by atoms with Crippen molar-refractivity contribution in [2.45, 2.75) is 39.2 Å². The highest BCUT2D eigenvalue weighted by molar-refractivity contribution is 5.78. The Kier molecular flexibility index (Phi) is 4.92. The van der Waals surface area contributed by atoms with Crippen molar-refractivity contribution in [3.05, 3.63) is 62.8 Å². The van der Waals surface area contributed by atoms with Crippen molar-refractivity contribution < 1.29 is 13.6 Å². The van der Waals surface area contributed by atoms with E-state index in [4.69, 9.17) is 0 Å². The van der Waals surface area contributed by atoms with E-state index < -0.39 is 11.6 Å². The van der Waals surface area contributed by atoms with Crippen molar-refractivity contribution >= 4 is 5.91 Å².